The molecule has 0 aromatic carbocycles. The Bertz CT molecular complexity index is 276. The predicted octanol–water partition coefficient (Wildman–Crippen LogP) is 1.20. The van der Waals surface area contributed by atoms with Gasteiger partial charge in [0, 0.05) is 0 Å². The molecule has 0 spiro atoms. The molecule has 2 aliphatic rings. The van der Waals surface area contributed by atoms with Crippen molar-refractivity contribution in [1.29, 1.82) is 0 Å². The molecular weight excluding hydrogens is 198 g/mol. The van der Waals surface area contributed by atoms with Crippen LogP contribution in [0.15, 0.2) is 23.8 Å². The molecule has 2 rings (SSSR count). The maximum Gasteiger partial charge on any atom is 0.101 e. The highest BCUT2D eigenvalue weighted by molar-refractivity contribution is 5.12. The number of morpholine rings is 1. The van der Waals surface area contributed by atoms with Gasteiger partial charge in [0.2, 0.25) is 0 Å². The van der Waals surface area contributed by atoms with Crippen molar-refractivity contribution < 1.29 is 9.64 Å². The second-order valence-corrected chi connectivity index (χ2v) is 5.22. The minimum atomic E-state index is 0.739. The van der Waals surface area contributed by atoms with Gasteiger partial charge >= 0.3 is 0 Å². The summed E-state index contributed by atoms with van der Waals surface area (Å²) < 4.78 is 5.39. The Hall–Kier alpha value is -0.600. The van der Waals surface area contributed by atoms with Crippen LogP contribution < -0.4 is 4.90 Å². The zero-order chi connectivity index (χ0) is 11.4. The van der Waals surface area contributed by atoms with Crippen LogP contribution in [-0.2, 0) is 4.74 Å². The molecule has 2 heteroatoms. The standard InChI is InChI=1S/C14H23NO/c1-12(2)14-5-3-13(4-6-14)11-15-7-9-16-10-8-15/h3,14H,1,4-11H2,2H3/p+1/t14-/m0/s1. The lowest BCUT2D eigenvalue weighted by atomic mass is 9.85. The number of allylic oxidation sites excluding steroid dienone is 2. The summed E-state index contributed by atoms with van der Waals surface area (Å²) in [5.74, 6) is 0.739. The van der Waals surface area contributed by atoms with Gasteiger partial charge in [0.05, 0.1) is 19.8 Å². The fourth-order valence-electron chi connectivity index (χ4n) is 2.65. The van der Waals surface area contributed by atoms with E-state index in [9.17, 15) is 0 Å². The SMILES string of the molecule is C=C(C)[C@H]1CC=C(C[NH+]2CCOCC2)CC1. The van der Waals surface area contributed by atoms with Gasteiger partial charge in [-0.05, 0) is 37.7 Å². The molecule has 0 saturated carbocycles. The van der Waals surface area contributed by atoms with Crippen molar-refractivity contribution in [2.45, 2.75) is 26.2 Å². The molecular formula is C14H24NO+. The highest BCUT2D eigenvalue weighted by Crippen LogP contribution is 2.27. The normalized spacial score (nSPS) is 27.6. The van der Waals surface area contributed by atoms with Gasteiger partial charge in [0.25, 0.3) is 0 Å². The summed E-state index contributed by atoms with van der Waals surface area (Å²) in [6.07, 6.45) is 6.27. The molecule has 1 atom stereocenters. The van der Waals surface area contributed by atoms with Crippen LogP contribution in [0.4, 0.5) is 0 Å². The lowest BCUT2D eigenvalue weighted by molar-refractivity contribution is -0.903. The molecule has 0 aromatic heterocycles. The summed E-state index contributed by atoms with van der Waals surface area (Å²) in [5.41, 5.74) is 3.02. The van der Waals surface area contributed by atoms with Crippen LogP contribution in [-0.4, -0.2) is 32.8 Å². The first-order valence-corrected chi connectivity index (χ1v) is 6.50. The minimum Gasteiger partial charge on any atom is -0.370 e. The van der Waals surface area contributed by atoms with Crippen molar-refractivity contribution in [2.75, 3.05) is 32.8 Å². The number of ether oxygens (including phenoxy) is 1. The maximum atomic E-state index is 5.39. The topological polar surface area (TPSA) is 13.7 Å². The van der Waals surface area contributed by atoms with Crippen molar-refractivity contribution in [1.82, 2.24) is 0 Å². The number of rotatable bonds is 3. The van der Waals surface area contributed by atoms with Gasteiger partial charge in [0.1, 0.15) is 13.1 Å². The summed E-state index contributed by atoms with van der Waals surface area (Å²) in [6.45, 7) is 11.7. The van der Waals surface area contributed by atoms with Crippen LogP contribution in [0, 0.1) is 5.92 Å². The Kier molecular flexibility index (Phi) is 4.19. The predicted molar refractivity (Wildman–Crippen MR) is 66.6 cm³/mol. The Morgan fingerprint density at radius 2 is 2.25 bits per heavy atom. The Morgan fingerprint density at radius 1 is 1.50 bits per heavy atom. The third-order valence-corrected chi connectivity index (χ3v) is 3.88. The van der Waals surface area contributed by atoms with Crippen molar-refractivity contribution >= 4 is 0 Å². The monoisotopic (exact) mass is 222 g/mol. The Balaban J connectivity index is 1.80. The van der Waals surface area contributed by atoms with E-state index in [4.69, 9.17) is 4.74 Å². The van der Waals surface area contributed by atoms with Gasteiger partial charge in [-0.25, -0.2) is 0 Å². The third kappa shape index (κ3) is 3.19. The molecule has 0 radical (unpaired) electrons. The molecule has 1 heterocycles. The van der Waals surface area contributed by atoms with E-state index in [1.54, 1.807) is 10.5 Å². The molecule has 0 aromatic rings. The quantitative estimate of drug-likeness (QED) is 0.709. The lowest BCUT2D eigenvalue weighted by Crippen LogP contribution is -3.14. The summed E-state index contributed by atoms with van der Waals surface area (Å²) in [5, 5.41) is 0. The first-order chi connectivity index (χ1) is 7.75. The molecule has 2 nitrogen and oxygen atoms in total. The van der Waals surface area contributed by atoms with E-state index in [1.807, 2.05) is 0 Å². The van der Waals surface area contributed by atoms with Crippen LogP contribution in [0.3, 0.4) is 0 Å². The van der Waals surface area contributed by atoms with E-state index in [0.717, 1.165) is 19.1 Å². The number of quaternary nitrogens is 1. The summed E-state index contributed by atoms with van der Waals surface area (Å²) in [4.78, 5) is 1.70. The third-order valence-electron chi connectivity index (χ3n) is 3.88. The van der Waals surface area contributed by atoms with Crippen molar-refractivity contribution in [3.63, 3.8) is 0 Å². The van der Waals surface area contributed by atoms with Gasteiger partial charge in [-0.1, -0.05) is 18.2 Å². The van der Waals surface area contributed by atoms with E-state index in [0.29, 0.717) is 0 Å². The van der Waals surface area contributed by atoms with E-state index in [2.05, 4.69) is 19.6 Å². The molecule has 0 unspecified atom stereocenters. The van der Waals surface area contributed by atoms with E-state index in [-0.39, 0.29) is 0 Å². The van der Waals surface area contributed by atoms with Gasteiger partial charge in [-0.3, -0.25) is 0 Å². The van der Waals surface area contributed by atoms with Gasteiger partial charge in [-0.2, -0.15) is 0 Å². The van der Waals surface area contributed by atoms with Crippen molar-refractivity contribution in [2.24, 2.45) is 5.92 Å². The van der Waals surface area contributed by atoms with Crippen LogP contribution in [0.25, 0.3) is 0 Å². The average molecular weight is 222 g/mol. The fraction of sp³-hybridized carbons (Fsp3) is 0.714. The number of nitrogens with one attached hydrogen (secondary N) is 1. The van der Waals surface area contributed by atoms with Crippen LogP contribution in [0.5, 0.6) is 0 Å². The van der Waals surface area contributed by atoms with E-state index < -0.39 is 0 Å². The molecule has 1 aliphatic carbocycles. The van der Waals surface area contributed by atoms with Crippen LogP contribution in [0.2, 0.25) is 0 Å². The van der Waals surface area contributed by atoms with Crippen molar-refractivity contribution in [3.8, 4) is 0 Å². The molecule has 0 amide bonds. The van der Waals surface area contributed by atoms with Gasteiger partial charge in [0.15, 0.2) is 0 Å². The summed E-state index contributed by atoms with van der Waals surface area (Å²) in [6, 6.07) is 0. The van der Waals surface area contributed by atoms with E-state index in [1.165, 1.54) is 44.5 Å². The molecule has 0 bridgehead atoms. The molecule has 1 aliphatic heterocycles. The van der Waals surface area contributed by atoms with Gasteiger partial charge < -0.3 is 9.64 Å². The highest BCUT2D eigenvalue weighted by atomic mass is 16.5. The molecule has 1 N–H and O–H groups in total. The minimum absolute atomic E-state index is 0.739. The molecule has 90 valence electrons. The summed E-state index contributed by atoms with van der Waals surface area (Å²) >= 11 is 0. The zero-order valence-electron chi connectivity index (χ0n) is 10.4. The largest absolute Gasteiger partial charge is 0.370 e. The Labute approximate surface area is 99.0 Å². The van der Waals surface area contributed by atoms with Crippen molar-refractivity contribution in [3.05, 3.63) is 23.8 Å². The lowest BCUT2D eigenvalue weighted by Gasteiger charge is -2.27. The number of hydrogen-bond donors (Lipinski definition) is 1. The Morgan fingerprint density at radius 3 is 2.81 bits per heavy atom. The molecule has 1 fully saturated rings. The second-order valence-electron chi connectivity index (χ2n) is 5.22. The maximum absolute atomic E-state index is 5.39. The molecule has 16 heavy (non-hydrogen) atoms. The summed E-state index contributed by atoms with van der Waals surface area (Å²) in [7, 11) is 0. The van der Waals surface area contributed by atoms with E-state index >= 15 is 0 Å². The van der Waals surface area contributed by atoms with Gasteiger partial charge in [-0.15, -0.1) is 0 Å². The molecule has 1 saturated heterocycles. The highest BCUT2D eigenvalue weighted by Gasteiger charge is 2.19. The van der Waals surface area contributed by atoms with Crippen LogP contribution in [0.1, 0.15) is 26.2 Å². The first-order valence-electron chi connectivity index (χ1n) is 6.50. The fourth-order valence-corrected chi connectivity index (χ4v) is 2.65. The first kappa shape index (κ1) is 11.9. The average Bonchev–Trinajstić information content (AvgIpc) is 2.31. The van der Waals surface area contributed by atoms with Crippen LogP contribution >= 0.6 is 0 Å². The number of hydrogen-bond acceptors (Lipinski definition) is 1. The zero-order valence-corrected chi connectivity index (χ0v) is 10.4. The smallest absolute Gasteiger partial charge is 0.101 e. The second kappa shape index (κ2) is 5.65.